The molecule has 152 valence electrons. The molecule has 3 heteroatoms. The molecule has 0 unspecified atom stereocenters. The van der Waals surface area contributed by atoms with Crippen LogP contribution in [0, 0.1) is 0 Å². The van der Waals surface area contributed by atoms with Gasteiger partial charge in [0.1, 0.15) is 5.78 Å². The van der Waals surface area contributed by atoms with Crippen molar-refractivity contribution in [3.05, 3.63) is 0 Å². The third-order valence-corrected chi connectivity index (χ3v) is 6.76. The summed E-state index contributed by atoms with van der Waals surface area (Å²) in [5.41, 5.74) is -0.796. The van der Waals surface area contributed by atoms with Crippen molar-refractivity contribution in [1.82, 2.24) is 0 Å². The number of rotatable bonds is 12. The lowest BCUT2D eigenvalue weighted by molar-refractivity contribution is -0.119. The minimum absolute atomic E-state index is 0.398. The van der Waals surface area contributed by atoms with E-state index >= 15 is 0 Å². The first kappa shape index (κ1) is 21.9. The fourth-order valence-corrected chi connectivity index (χ4v) is 4.95. The standard InChI is InChI=1S/C23H42O3/c24-21(13-5-1-7-15-22(25)17-9-3-10-18-22)14-6-2-8-16-23(26)19-11-4-12-20-23/h25-26H,1-20H2. The summed E-state index contributed by atoms with van der Waals surface area (Å²) in [5, 5.41) is 20.9. The van der Waals surface area contributed by atoms with Gasteiger partial charge in [0, 0.05) is 12.8 Å². The lowest BCUT2D eigenvalue weighted by Gasteiger charge is -2.32. The predicted octanol–water partition coefficient (Wildman–Crippen LogP) is 5.85. The number of unbranched alkanes of at least 4 members (excludes halogenated alkanes) is 4. The van der Waals surface area contributed by atoms with Crippen LogP contribution >= 0.6 is 0 Å². The Bertz CT molecular complexity index is 356. The van der Waals surface area contributed by atoms with Crippen molar-refractivity contribution in [2.45, 2.75) is 140 Å². The molecule has 0 bridgehead atoms. The Hall–Kier alpha value is -0.410. The van der Waals surface area contributed by atoms with Crippen molar-refractivity contribution < 1.29 is 15.0 Å². The monoisotopic (exact) mass is 366 g/mol. The van der Waals surface area contributed by atoms with E-state index in [1.807, 2.05) is 0 Å². The molecule has 0 aromatic carbocycles. The highest BCUT2D eigenvalue weighted by Gasteiger charge is 2.29. The first-order valence-electron chi connectivity index (χ1n) is 11.5. The summed E-state index contributed by atoms with van der Waals surface area (Å²) in [7, 11) is 0. The maximum atomic E-state index is 12.0. The average molecular weight is 367 g/mol. The molecule has 0 aromatic rings. The molecule has 0 aliphatic heterocycles. The molecule has 0 heterocycles. The molecule has 2 aliphatic rings. The van der Waals surface area contributed by atoms with Gasteiger partial charge in [-0.3, -0.25) is 4.79 Å². The molecule has 3 nitrogen and oxygen atoms in total. The zero-order valence-corrected chi connectivity index (χ0v) is 16.9. The lowest BCUT2D eigenvalue weighted by atomic mass is 9.81. The highest BCUT2D eigenvalue weighted by atomic mass is 16.3. The van der Waals surface area contributed by atoms with E-state index in [1.165, 1.54) is 38.5 Å². The van der Waals surface area contributed by atoms with E-state index in [0.29, 0.717) is 18.6 Å². The summed E-state index contributed by atoms with van der Waals surface area (Å²) >= 11 is 0. The van der Waals surface area contributed by atoms with E-state index in [0.717, 1.165) is 77.0 Å². The third kappa shape index (κ3) is 8.52. The minimum Gasteiger partial charge on any atom is -0.390 e. The first-order chi connectivity index (χ1) is 12.5. The van der Waals surface area contributed by atoms with E-state index in [-0.39, 0.29) is 0 Å². The Balaban J connectivity index is 1.41. The van der Waals surface area contributed by atoms with Gasteiger partial charge in [-0.15, -0.1) is 0 Å². The van der Waals surface area contributed by atoms with Crippen LogP contribution in [0.15, 0.2) is 0 Å². The molecule has 0 amide bonds. The Kier molecular flexibility index (Phi) is 9.63. The number of carbonyl (C=O) groups is 1. The topological polar surface area (TPSA) is 57.5 Å². The molecular weight excluding hydrogens is 324 g/mol. The molecule has 0 spiro atoms. The molecule has 2 fully saturated rings. The van der Waals surface area contributed by atoms with Crippen LogP contribution in [0.3, 0.4) is 0 Å². The van der Waals surface area contributed by atoms with Gasteiger partial charge in [-0.2, -0.15) is 0 Å². The maximum absolute atomic E-state index is 12.0. The minimum atomic E-state index is -0.398. The number of ketones is 1. The van der Waals surface area contributed by atoms with E-state index in [9.17, 15) is 15.0 Å². The van der Waals surface area contributed by atoms with Crippen LogP contribution in [-0.2, 0) is 4.79 Å². The second-order valence-electron chi connectivity index (χ2n) is 9.23. The van der Waals surface area contributed by atoms with Gasteiger partial charge in [0.15, 0.2) is 0 Å². The van der Waals surface area contributed by atoms with Crippen molar-refractivity contribution in [2.75, 3.05) is 0 Å². The molecular formula is C23H42O3. The summed E-state index contributed by atoms with van der Waals surface area (Å²) in [4.78, 5) is 12.0. The van der Waals surface area contributed by atoms with E-state index in [1.54, 1.807) is 0 Å². The number of Topliss-reactive ketones (excluding diaryl/α,β-unsaturated/α-hetero) is 1. The summed E-state index contributed by atoms with van der Waals surface area (Å²) in [5.74, 6) is 0.401. The normalized spacial score (nSPS) is 22.2. The zero-order chi connectivity index (χ0) is 18.7. The van der Waals surface area contributed by atoms with Crippen LogP contribution in [0.5, 0.6) is 0 Å². The van der Waals surface area contributed by atoms with E-state index in [2.05, 4.69) is 0 Å². The van der Waals surface area contributed by atoms with Crippen LogP contribution in [0.25, 0.3) is 0 Å². The SMILES string of the molecule is O=C(CCCCCC1(O)CCCCC1)CCCCCC1(O)CCCCC1. The fourth-order valence-electron chi connectivity index (χ4n) is 4.95. The third-order valence-electron chi connectivity index (χ3n) is 6.76. The molecule has 0 radical (unpaired) electrons. The van der Waals surface area contributed by atoms with Gasteiger partial charge in [0.2, 0.25) is 0 Å². The van der Waals surface area contributed by atoms with Crippen molar-refractivity contribution in [2.24, 2.45) is 0 Å². The van der Waals surface area contributed by atoms with E-state index < -0.39 is 11.2 Å². The van der Waals surface area contributed by atoms with Gasteiger partial charge < -0.3 is 10.2 Å². The second kappa shape index (κ2) is 11.4. The van der Waals surface area contributed by atoms with Crippen LogP contribution in [0.2, 0.25) is 0 Å². The maximum Gasteiger partial charge on any atom is 0.132 e. The van der Waals surface area contributed by atoms with Gasteiger partial charge in [0.25, 0.3) is 0 Å². The highest BCUT2D eigenvalue weighted by Crippen LogP contribution is 2.33. The Labute approximate surface area is 161 Å². The molecule has 0 aromatic heterocycles. The molecule has 2 rings (SSSR count). The molecule has 0 atom stereocenters. The molecule has 2 N–H and O–H groups in total. The van der Waals surface area contributed by atoms with E-state index in [4.69, 9.17) is 0 Å². The zero-order valence-electron chi connectivity index (χ0n) is 16.9. The van der Waals surface area contributed by atoms with Gasteiger partial charge in [-0.05, 0) is 51.4 Å². The molecule has 2 saturated carbocycles. The molecule has 26 heavy (non-hydrogen) atoms. The van der Waals surface area contributed by atoms with Crippen molar-refractivity contribution in [1.29, 1.82) is 0 Å². The smallest absolute Gasteiger partial charge is 0.132 e. The average Bonchev–Trinajstić information content (AvgIpc) is 2.62. The highest BCUT2D eigenvalue weighted by molar-refractivity contribution is 5.78. The summed E-state index contributed by atoms with van der Waals surface area (Å²) in [6, 6.07) is 0. The largest absolute Gasteiger partial charge is 0.390 e. The number of aliphatic hydroxyl groups is 2. The van der Waals surface area contributed by atoms with Crippen LogP contribution in [0.4, 0.5) is 0 Å². The van der Waals surface area contributed by atoms with Gasteiger partial charge >= 0.3 is 0 Å². The van der Waals surface area contributed by atoms with Crippen molar-refractivity contribution in [3.8, 4) is 0 Å². The number of hydrogen-bond acceptors (Lipinski definition) is 3. The quantitative estimate of drug-likeness (QED) is 0.426. The van der Waals surface area contributed by atoms with Gasteiger partial charge in [-0.1, -0.05) is 64.2 Å². The molecule has 0 saturated heterocycles. The Morgan fingerprint density at radius 2 is 0.962 bits per heavy atom. The van der Waals surface area contributed by atoms with Crippen LogP contribution in [0.1, 0.15) is 128 Å². The summed E-state index contributed by atoms with van der Waals surface area (Å²) in [6.07, 6.45) is 20.6. The van der Waals surface area contributed by atoms with Gasteiger partial charge in [0.05, 0.1) is 11.2 Å². The fraction of sp³-hybridized carbons (Fsp3) is 0.957. The van der Waals surface area contributed by atoms with Crippen molar-refractivity contribution >= 4 is 5.78 Å². The lowest BCUT2D eigenvalue weighted by Crippen LogP contribution is -2.31. The predicted molar refractivity (Wildman–Crippen MR) is 107 cm³/mol. The second-order valence-corrected chi connectivity index (χ2v) is 9.23. The first-order valence-corrected chi connectivity index (χ1v) is 11.5. The molecule has 2 aliphatic carbocycles. The van der Waals surface area contributed by atoms with Gasteiger partial charge in [-0.25, -0.2) is 0 Å². The Morgan fingerprint density at radius 3 is 1.35 bits per heavy atom. The summed E-state index contributed by atoms with van der Waals surface area (Å²) in [6.45, 7) is 0. The number of hydrogen-bond donors (Lipinski definition) is 2. The Morgan fingerprint density at radius 1 is 0.577 bits per heavy atom. The van der Waals surface area contributed by atoms with Crippen LogP contribution < -0.4 is 0 Å². The van der Waals surface area contributed by atoms with Crippen LogP contribution in [-0.4, -0.2) is 27.2 Å². The van der Waals surface area contributed by atoms with Crippen molar-refractivity contribution in [3.63, 3.8) is 0 Å². The number of carbonyl (C=O) groups excluding carboxylic acids is 1. The summed E-state index contributed by atoms with van der Waals surface area (Å²) < 4.78 is 0.